The maximum atomic E-state index is 5.90. The number of nitrogens with zero attached hydrogens (tertiary/aromatic N) is 1. The average Bonchev–Trinajstić information content (AvgIpc) is 2.51. The van der Waals surface area contributed by atoms with E-state index in [9.17, 15) is 0 Å². The fourth-order valence-electron chi connectivity index (χ4n) is 2.85. The minimum Gasteiger partial charge on any atom is -0.457 e. The summed E-state index contributed by atoms with van der Waals surface area (Å²) in [6, 6.07) is 18.3. The van der Waals surface area contributed by atoms with Gasteiger partial charge in [-0.25, -0.2) is 5.01 Å². The second-order valence-electron chi connectivity index (χ2n) is 5.75. The molecule has 2 aromatic rings. The summed E-state index contributed by atoms with van der Waals surface area (Å²) in [4.78, 5) is 0. The maximum absolute atomic E-state index is 5.90. The van der Waals surface area contributed by atoms with Crippen molar-refractivity contribution in [2.45, 2.75) is 19.3 Å². The van der Waals surface area contributed by atoms with Crippen LogP contribution in [-0.2, 0) is 6.42 Å². The van der Waals surface area contributed by atoms with E-state index < -0.39 is 0 Å². The van der Waals surface area contributed by atoms with Crippen LogP contribution in [0.1, 0.15) is 18.4 Å². The van der Waals surface area contributed by atoms with Crippen molar-refractivity contribution < 1.29 is 4.74 Å². The quantitative estimate of drug-likeness (QED) is 0.871. The van der Waals surface area contributed by atoms with E-state index in [-0.39, 0.29) is 0 Å². The van der Waals surface area contributed by atoms with Crippen LogP contribution in [0.25, 0.3) is 0 Å². The third kappa shape index (κ3) is 4.06. The number of benzene rings is 2. The summed E-state index contributed by atoms with van der Waals surface area (Å²) in [7, 11) is 0. The van der Waals surface area contributed by atoms with Crippen LogP contribution in [0.15, 0.2) is 54.6 Å². The second-order valence-corrected chi connectivity index (χ2v) is 5.75. The number of hydrogen-bond acceptors (Lipinski definition) is 3. The molecule has 2 N–H and O–H groups in total. The first-order valence-electron chi connectivity index (χ1n) is 7.61. The summed E-state index contributed by atoms with van der Waals surface area (Å²) >= 11 is 0. The molecule has 0 unspecified atom stereocenters. The van der Waals surface area contributed by atoms with Gasteiger partial charge in [-0.15, -0.1) is 0 Å². The Kier molecular flexibility index (Phi) is 4.53. The monoisotopic (exact) mass is 282 g/mol. The number of piperidine rings is 1. The van der Waals surface area contributed by atoms with Crippen LogP contribution in [0.5, 0.6) is 11.5 Å². The SMILES string of the molecule is NN1CCC(Cc2cccc(Oc3ccccc3)c2)CC1. The van der Waals surface area contributed by atoms with Crippen LogP contribution in [0.3, 0.4) is 0 Å². The Bertz CT molecular complexity index is 562. The molecule has 1 aliphatic rings. The zero-order chi connectivity index (χ0) is 14.5. The van der Waals surface area contributed by atoms with Gasteiger partial charge in [-0.05, 0) is 55.0 Å². The molecule has 1 aliphatic heterocycles. The van der Waals surface area contributed by atoms with Gasteiger partial charge in [0.05, 0.1) is 0 Å². The molecule has 3 heteroatoms. The van der Waals surface area contributed by atoms with Crippen LogP contribution >= 0.6 is 0 Å². The number of nitrogens with two attached hydrogens (primary N) is 1. The summed E-state index contributed by atoms with van der Waals surface area (Å²) < 4.78 is 5.90. The summed E-state index contributed by atoms with van der Waals surface area (Å²) in [5.41, 5.74) is 1.35. The van der Waals surface area contributed by atoms with E-state index in [1.54, 1.807) is 0 Å². The average molecular weight is 282 g/mol. The summed E-state index contributed by atoms with van der Waals surface area (Å²) in [5, 5.41) is 1.92. The minimum absolute atomic E-state index is 0.733. The van der Waals surface area contributed by atoms with Gasteiger partial charge in [0, 0.05) is 13.1 Å². The standard InChI is InChI=1S/C18H22N2O/c19-20-11-9-15(10-12-20)13-16-5-4-8-18(14-16)21-17-6-2-1-3-7-17/h1-8,14-15H,9-13,19H2. The highest BCUT2D eigenvalue weighted by Crippen LogP contribution is 2.25. The molecule has 3 rings (SSSR count). The van der Waals surface area contributed by atoms with Crippen molar-refractivity contribution in [1.29, 1.82) is 0 Å². The Morgan fingerprint density at radius 2 is 1.67 bits per heavy atom. The molecule has 0 aromatic heterocycles. The fourth-order valence-corrected chi connectivity index (χ4v) is 2.85. The lowest BCUT2D eigenvalue weighted by atomic mass is 9.91. The Hall–Kier alpha value is -1.84. The number of para-hydroxylation sites is 1. The predicted octanol–water partition coefficient (Wildman–Crippen LogP) is 3.61. The molecule has 1 heterocycles. The van der Waals surface area contributed by atoms with Crippen molar-refractivity contribution >= 4 is 0 Å². The smallest absolute Gasteiger partial charge is 0.127 e. The summed E-state index contributed by atoms with van der Waals surface area (Å²) in [6.07, 6.45) is 3.47. The molecular formula is C18H22N2O. The van der Waals surface area contributed by atoms with E-state index in [1.165, 1.54) is 18.4 Å². The number of ether oxygens (including phenoxy) is 1. The molecule has 0 radical (unpaired) electrons. The summed E-state index contributed by atoms with van der Waals surface area (Å²) in [6.45, 7) is 2.01. The van der Waals surface area contributed by atoms with Crippen molar-refractivity contribution in [3.63, 3.8) is 0 Å². The predicted molar refractivity (Wildman–Crippen MR) is 85.1 cm³/mol. The van der Waals surface area contributed by atoms with Crippen LogP contribution in [0.2, 0.25) is 0 Å². The van der Waals surface area contributed by atoms with Crippen molar-refractivity contribution in [2.75, 3.05) is 13.1 Å². The minimum atomic E-state index is 0.733. The number of rotatable bonds is 4. The Morgan fingerprint density at radius 1 is 0.952 bits per heavy atom. The molecule has 21 heavy (non-hydrogen) atoms. The van der Waals surface area contributed by atoms with Crippen LogP contribution in [0.4, 0.5) is 0 Å². The first-order chi connectivity index (χ1) is 10.3. The van der Waals surface area contributed by atoms with Crippen LogP contribution < -0.4 is 10.6 Å². The van der Waals surface area contributed by atoms with Gasteiger partial charge in [-0.3, -0.25) is 5.84 Å². The highest BCUT2D eigenvalue weighted by molar-refractivity contribution is 5.34. The lowest BCUT2D eigenvalue weighted by Gasteiger charge is -2.28. The first-order valence-corrected chi connectivity index (χ1v) is 7.61. The maximum Gasteiger partial charge on any atom is 0.127 e. The molecule has 0 bridgehead atoms. The first kappa shape index (κ1) is 14.1. The van der Waals surface area contributed by atoms with E-state index in [0.717, 1.165) is 36.9 Å². The zero-order valence-electron chi connectivity index (χ0n) is 12.2. The lowest BCUT2D eigenvalue weighted by Crippen LogP contribution is -2.39. The highest BCUT2D eigenvalue weighted by Gasteiger charge is 2.17. The molecule has 0 atom stereocenters. The molecule has 3 nitrogen and oxygen atoms in total. The molecule has 0 spiro atoms. The second kappa shape index (κ2) is 6.74. The van der Waals surface area contributed by atoms with Gasteiger partial charge in [-0.2, -0.15) is 0 Å². The van der Waals surface area contributed by atoms with E-state index >= 15 is 0 Å². The molecule has 0 amide bonds. The zero-order valence-corrected chi connectivity index (χ0v) is 12.2. The van der Waals surface area contributed by atoms with Crippen LogP contribution in [-0.4, -0.2) is 18.1 Å². The van der Waals surface area contributed by atoms with Gasteiger partial charge in [0.25, 0.3) is 0 Å². The number of hydrazine groups is 1. The van der Waals surface area contributed by atoms with E-state index in [0.29, 0.717) is 0 Å². The summed E-state index contributed by atoms with van der Waals surface area (Å²) in [5.74, 6) is 8.34. The molecule has 0 saturated carbocycles. The van der Waals surface area contributed by atoms with Crippen molar-refractivity contribution in [3.05, 3.63) is 60.2 Å². The van der Waals surface area contributed by atoms with E-state index in [1.807, 2.05) is 41.4 Å². The van der Waals surface area contributed by atoms with Gasteiger partial charge in [-0.1, -0.05) is 30.3 Å². The van der Waals surface area contributed by atoms with Gasteiger partial charge in [0.2, 0.25) is 0 Å². The van der Waals surface area contributed by atoms with Crippen LogP contribution in [0, 0.1) is 5.92 Å². The topological polar surface area (TPSA) is 38.5 Å². The molecule has 110 valence electrons. The Labute approximate surface area is 126 Å². The molecule has 0 aliphatic carbocycles. The van der Waals surface area contributed by atoms with Gasteiger partial charge >= 0.3 is 0 Å². The third-order valence-corrected chi connectivity index (χ3v) is 4.05. The third-order valence-electron chi connectivity index (χ3n) is 4.05. The molecule has 2 aromatic carbocycles. The fraction of sp³-hybridized carbons (Fsp3) is 0.333. The number of hydrogen-bond donors (Lipinski definition) is 1. The Morgan fingerprint density at radius 3 is 2.43 bits per heavy atom. The highest BCUT2D eigenvalue weighted by atomic mass is 16.5. The molecule has 1 saturated heterocycles. The van der Waals surface area contributed by atoms with Crippen molar-refractivity contribution in [2.24, 2.45) is 11.8 Å². The molecular weight excluding hydrogens is 260 g/mol. The van der Waals surface area contributed by atoms with Crippen molar-refractivity contribution in [1.82, 2.24) is 5.01 Å². The van der Waals surface area contributed by atoms with Gasteiger partial charge in [0.1, 0.15) is 11.5 Å². The normalized spacial score (nSPS) is 16.8. The Balaban J connectivity index is 1.63. The van der Waals surface area contributed by atoms with E-state index in [4.69, 9.17) is 10.6 Å². The molecule has 1 fully saturated rings. The van der Waals surface area contributed by atoms with Crippen molar-refractivity contribution in [3.8, 4) is 11.5 Å². The largest absolute Gasteiger partial charge is 0.457 e. The van der Waals surface area contributed by atoms with E-state index in [2.05, 4.69) is 18.2 Å². The van der Waals surface area contributed by atoms with Gasteiger partial charge < -0.3 is 4.74 Å². The lowest BCUT2D eigenvalue weighted by molar-refractivity contribution is 0.187. The van der Waals surface area contributed by atoms with Gasteiger partial charge in [0.15, 0.2) is 0 Å².